The first-order valence-corrected chi connectivity index (χ1v) is 7.80. The molecular weight excluding hydrogens is 288 g/mol. The van der Waals surface area contributed by atoms with Crippen molar-refractivity contribution in [3.63, 3.8) is 0 Å². The first kappa shape index (κ1) is 15.3. The van der Waals surface area contributed by atoms with Crippen LogP contribution in [0.3, 0.4) is 0 Å². The molecule has 3 rings (SSSR count). The first-order valence-electron chi connectivity index (χ1n) is 7.80. The molecule has 1 aliphatic rings. The van der Waals surface area contributed by atoms with Gasteiger partial charge in [-0.1, -0.05) is 24.3 Å². The second-order valence-electron chi connectivity index (χ2n) is 5.91. The number of fused-ring (bicyclic) bond motifs is 1. The predicted molar refractivity (Wildman–Crippen MR) is 90.7 cm³/mol. The van der Waals surface area contributed by atoms with Crippen LogP contribution in [0.5, 0.6) is 0 Å². The number of carbonyl (C=O) groups excluding carboxylic acids is 2. The number of nitrogens with zero attached hydrogens (tertiary/aromatic N) is 1. The highest BCUT2D eigenvalue weighted by molar-refractivity contribution is 6.01. The summed E-state index contributed by atoms with van der Waals surface area (Å²) in [4.78, 5) is 26.0. The summed E-state index contributed by atoms with van der Waals surface area (Å²) in [6.45, 7) is 4.94. The lowest BCUT2D eigenvalue weighted by molar-refractivity contribution is -0.117. The number of aryl methyl sites for hydroxylation is 2. The Labute approximate surface area is 136 Å². The van der Waals surface area contributed by atoms with Crippen molar-refractivity contribution >= 4 is 17.5 Å². The van der Waals surface area contributed by atoms with Crippen LogP contribution in [0.2, 0.25) is 0 Å². The Balaban J connectivity index is 1.60. The van der Waals surface area contributed by atoms with E-state index in [9.17, 15) is 9.59 Å². The SMILES string of the molecule is Cc1ccc(C(=O)NCCN2C(=O)Cc3ccccc32)cc1C. The Kier molecular flexibility index (Phi) is 4.15. The molecule has 1 heterocycles. The number of benzene rings is 2. The van der Waals surface area contributed by atoms with Gasteiger partial charge in [0.15, 0.2) is 0 Å². The summed E-state index contributed by atoms with van der Waals surface area (Å²) in [5, 5.41) is 2.89. The smallest absolute Gasteiger partial charge is 0.251 e. The van der Waals surface area contributed by atoms with Gasteiger partial charge in [0.2, 0.25) is 5.91 Å². The van der Waals surface area contributed by atoms with Gasteiger partial charge < -0.3 is 10.2 Å². The molecule has 0 radical (unpaired) electrons. The van der Waals surface area contributed by atoms with Crippen LogP contribution in [-0.2, 0) is 11.2 Å². The zero-order valence-corrected chi connectivity index (χ0v) is 13.4. The van der Waals surface area contributed by atoms with Crippen molar-refractivity contribution in [2.45, 2.75) is 20.3 Å². The molecule has 4 nitrogen and oxygen atoms in total. The van der Waals surface area contributed by atoms with Gasteiger partial charge in [-0.2, -0.15) is 0 Å². The fourth-order valence-electron chi connectivity index (χ4n) is 2.83. The third-order valence-corrected chi connectivity index (χ3v) is 4.32. The first-order chi connectivity index (χ1) is 11.1. The van der Waals surface area contributed by atoms with Gasteiger partial charge in [0.25, 0.3) is 5.91 Å². The van der Waals surface area contributed by atoms with E-state index in [2.05, 4.69) is 5.32 Å². The van der Waals surface area contributed by atoms with E-state index in [0.717, 1.165) is 16.8 Å². The van der Waals surface area contributed by atoms with Gasteiger partial charge in [-0.25, -0.2) is 0 Å². The van der Waals surface area contributed by atoms with E-state index in [1.54, 1.807) is 4.90 Å². The van der Waals surface area contributed by atoms with Crippen LogP contribution < -0.4 is 10.2 Å². The molecular formula is C19H20N2O2. The monoisotopic (exact) mass is 308 g/mol. The highest BCUT2D eigenvalue weighted by atomic mass is 16.2. The molecule has 4 heteroatoms. The third-order valence-electron chi connectivity index (χ3n) is 4.32. The van der Waals surface area contributed by atoms with E-state index >= 15 is 0 Å². The zero-order valence-electron chi connectivity index (χ0n) is 13.4. The summed E-state index contributed by atoms with van der Waals surface area (Å²) in [6.07, 6.45) is 0.446. The van der Waals surface area contributed by atoms with E-state index in [0.29, 0.717) is 25.1 Å². The molecule has 2 aromatic carbocycles. The number of anilines is 1. The van der Waals surface area contributed by atoms with Crippen LogP contribution in [0, 0.1) is 13.8 Å². The highest BCUT2D eigenvalue weighted by Crippen LogP contribution is 2.27. The van der Waals surface area contributed by atoms with Crippen molar-refractivity contribution in [2.75, 3.05) is 18.0 Å². The van der Waals surface area contributed by atoms with Crippen molar-refractivity contribution in [1.29, 1.82) is 0 Å². The van der Waals surface area contributed by atoms with E-state index in [1.165, 1.54) is 5.56 Å². The number of amides is 2. The Morgan fingerprint density at radius 3 is 2.70 bits per heavy atom. The highest BCUT2D eigenvalue weighted by Gasteiger charge is 2.26. The van der Waals surface area contributed by atoms with Crippen molar-refractivity contribution in [3.8, 4) is 0 Å². The molecule has 118 valence electrons. The van der Waals surface area contributed by atoms with Gasteiger partial charge in [0.05, 0.1) is 6.42 Å². The Morgan fingerprint density at radius 1 is 1.13 bits per heavy atom. The average molecular weight is 308 g/mol. The standard InChI is InChI=1S/C19H20N2O2/c1-13-7-8-16(11-14(13)2)19(23)20-9-10-21-17-6-4-3-5-15(17)12-18(21)22/h3-8,11H,9-10,12H2,1-2H3,(H,20,23). The van der Waals surface area contributed by atoms with Crippen LogP contribution in [-0.4, -0.2) is 24.9 Å². The number of carbonyl (C=O) groups is 2. The molecule has 0 saturated carbocycles. The van der Waals surface area contributed by atoms with Crippen LogP contribution in [0.15, 0.2) is 42.5 Å². The van der Waals surface area contributed by atoms with Crippen LogP contribution in [0.4, 0.5) is 5.69 Å². The molecule has 2 aromatic rings. The summed E-state index contributed by atoms with van der Waals surface area (Å²) in [7, 11) is 0. The van der Waals surface area contributed by atoms with Crippen molar-refractivity contribution in [2.24, 2.45) is 0 Å². The molecule has 2 amide bonds. The van der Waals surface area contributed by atoms with E-state index in [1.807, 2.05) is 56.3 Å². The maximum absolute atomic E-state index is 12.2. The lowest BCUT2D eigenvalue weighted by Gasteiger charge is -2.17. The topological polar surface area (TPSA) is 49.4 Å². The Bertz CT molecular complexity index is 768. The van der Waals surface area contributed by atoms with E-state index in [-0.39, 0.29) is 11.8 Å². The Morgan fingerprint density at radius 2 is 1.91 bits per heavy atom. The largest absolute Gasteiger partial charge is 0.350 e. The number of hydrogen-bond donors (Lipinski definition) is 1. The molecule has 0 fully saturated rings. The third kappa shape index (κ3) is 3.11. The molecule has 1 N–H and O–H groups in total. The van der Waals surface area contributed by atoms with Crippen molar-refractivity contribution in [1.82, 2.24) is 5.32 Å². The second-order valence-corrected chi connectivity index (χ2v) is 5.91. The van der Waals surface area contributed by atoms with Gasteiger partial charge >= 0.3 is 0 Å². The maximum Gasteiger partial charge on any atom is 0.251 e. The minimum Gasteiger partial charge on any atom is -0.350 e. The van der Waals surface area contributed by atoms with Crippen molar-refractivity contribution in [3.05, 3.63) is 64.7 Å². The van der Waals surface area contributed by atoms with E-state index < -0.39 is 0 Å². The number of rotatable bonds is 4. The summed E-state index contributed by atoms with van der Waals surface area (Å²) < 4.78 is 0. The zero-order chi connectivity index (χ0) is 16.4. The number of hydrogen-bond acceptors (Lipinski definition) is 2. The lowest BCUT2D eigenvalue weighted by Crippen LogP contribution is -2.36. The van der Waals surface area contributed by atoms with Gasteiger partial charge in [-0.05, 0) is 48.7 Å². The molecule has 0 unspecified atom stereocenters. The lowest BCUT2D eigenvalue weighted by atomic mass is 10.1. The summed E-state index contributed by atoms with van der Waals surface area (Å²) in [5.74, 6) is -0.0142. The van der Waals surface area contributed by atoms with E-state index in [4.69, 9.17) is 0 Å². The molecule has 0 aliphatic carbocycles. The molecule has 0 bridgehead atoms. The minimum atomic E-state index is -0.104. The molecule has 0 saturated heterocycles. The van der Waals surface area contributed by atoms with Gasteiger partial charge in [0.1, 0.15) is 0 Å². The molecule has 0 atom stereocenters. The van der Waals surface area contributed by atoms with Gasteiger partial charge in [0, 0.05) is 24.3 Å². The molecule has 0 spiro atoms. The van der Waals surface area contributed by atoms with Gasteiger partial charge in [-0.3, -0.25) is 9.59 Å². The molecule has 1 aliphatic heterocycles. The normalized spacial score (nSPS) is 13.1. The van der Waals surface area contributed by atoms with Gasteiger partial charge in [-0.15, -0.1) is 0 Å². The summed E-state index contributed by atoms with van der Waals surface area (Å²) in [6, 6.07) is 13.5. The van der Waals surface area contributed by atoms with Crippen LogP contribution in [0.1, 0.15) is 27.0 Å². The Hall–Kier alpha value is -2.62. The predicted octanol–water partition coefficient (Wildman–Crippen LogP) is 2.62. The van der Waals surface area contributed by atoms with Crippen molar-refractivity contribution < 1.29 is 9.59 Å². The number of nitrogens with one attached hydrogen (secondary N) is 1. The second kappa shape index (κ2) is 6.24. The molecule has 23 heavy (non-hydrogen) atoms. The minimum absolute atomic E-state index is 0.0895. The average Bonchev–Trinajstić information content (AvgIpc) is 2.86. The van der Waals surface area contributed by atoms with Crippen LogP contribution in [0.25, 0.3) is 0 Å². The quantitative estimate of drug-likeness (QED) is 0.944. The maximum atomic E-state index is 12.2. The molecule has 0 aromatic heterocycles. The summed E-state index contributed by atoms with van der Waals surface area (Å²) in [5.41, 5.74) is 4.93. The van der Waals surface area contributed by atoms with Crippen LogP contribution >= 0.6 is 0 Å². The fourth-order valence-corrected chi connectivity index (χ4v) is 2.83. The number of para-hydroxylation sites is 1. The summed E-state index contributed by atoms with van der Waals surface area (Å²) >= 11 is 0. The fraction of sp³-hybridized carbons (Fsp3) is 0.263.